The van der Waals surface area contributed by atoms with E-state index in [0.717, 1.165) is 19.4 Å². The van der Waals surface area contributed by atoms with Crippen molar-refractivity contribution in [3.05, 3.63) is 0 Å². The van der Waals surface area contributed by atoms with E-state index in [4.69, 9.17) is 10.5 Å². The van der Waals surface area contributed by atoms with Crippen LogP contribution in [0, 0.1) is 0 Å². The lowest BCUT2D eigenvalue weighted by Crippen LogP contribution is -2.45. The zero-order valence-corrected chi connectivity index (χ0v) is 7.03. The molecule has 0 spiro atoms. The van der Waals surface area contributed by atoms with Gasteiger partial charge in [0, 0.05) is 6.54 Å². The molecule has 4 nitrogen and oxygen atoms in total. The molecular formula is C8H14N2O2. The van der Waals surface area contributed by atoms with Crippen LogP contribution in [0.2, 0.25) is 0 Å². The molecule has 1 amide bonds. The van der Waals surface area contributed by atoms with Crippen LogP contribution < -0.4 is 5.73 Å². The molecule has 4 heteroatoms. The first-order valence-corrected chi connectivity index (χ1v) is 4.43. The number of hydrogen-bond acceptors (Lipinski definition) is 3. The van der Waals surface area contributed by atoms with Crippen LogP contribution in [0.3, 0.4) is 0 Å². The van der Waals surface area contributed by atoms with E-state index in [2.05, 4.69) is 0 Å². The smallest absolute Gasteiger partial charge is 0.242 e. The molecule has 2 aliphatic heterocycles. The number of nitrogens with two attached hydrogens (primary N) is 1. The van der Waals surface area contributed by atoms with Crippen molar-refractivity contribution in [2.24, 2.45) is 5.73 Å². The van der Waals surface area contributed by atoms with Crippen LogP contribution in [0.15, 0.2) is 0 Å². The fourth-order valence-corrected chi connectivity index (χ4v) is 1.91. The molecule has 0 aliphatic carbocycles. The number of carbonyl (C=O) groups is 1. The molecular weight excluding hydrogens is 156 g/mol. The van der Waals surface area contributed by atoms with Crippen molar-refractivity contribution in [3.8, 4) is 0 Å². The molecule has 2 saturated heterocycles. The van der Waals surface area contributed by atoms with Crippen LogP contribution in [-0.2, 0) is 9.53 Å². The highest BCUT2D eigenvalue weighted by molar-refractivity contribution is 5.82. The Kier molecular flexibility index (Phi) is 2.02. The van der Waals surface area contributed by atoms with Gasteiger partial charge in [-0.3, -0.25) is 4.79 Å². The van der Waals surface area contributed by atoms with E-state index in [1.54, 1.807) is 0 Å². The third-order valence-electron chi connectivity index (χ3n) is 2.59. The molecule has 0 aromatic heterocycles. The summed E-state index contributed by atoms with van der Waals surface area (Å²) in [5.74, 6) is 0.0648. The summed E-state index contributed by atoms with van der Waals surface area (Å²) in [5.41, 5.74) is 5.62. The van der Waals surface area contributed by atoms with Gasteiger partial charge in [0.05, 0.1) is 19.3 Å². The van der Waals surface area contributed by atoms with E-state index in [1.807, 2.05) is 4.90 Å². The number of nitrogens with zero attached hydrogens (tertiary/aromatic N) is 1. The number of ether oxygens (including phenoxy) is 1. The third kappa shape index (κ3) is 1.21. The number of fused-ring (bicyclic) bond motifs is 1. The normalized spacial score (nSPS) is 36.4. The van der Waals surface area contributed by atoms with Gasteiger partial charge in [0.15, 0.2) is 0 Å². The fourth-order valence-electron chi connectivity index (χ4n) is 1.91. The van der Waals surface area contributed by atoms with Crippen molar-refractivity contribution in [2.75, 3.05) is 19.8 Å². The van der Waals surface area contributed by atoms with Crippen molar-refractivity contribution in [1.29, 1.82) is 0 Å². The second-order valence-corrected chi connectivity index (χ2v) is 3.47. The Hall–Kier alpha value is -0.610. The molecule has 2 atom stereocenters. The molecule has 0 radical (unpaired) electrons. The summed E-state index contributed by atoms with van der Waals surface area (Å²) in [6, 6.07) is -0.140. The van der Waals surface area contributed by atoms with Gasteiger partial charge in [-0.1, -0.05) is 0 Å². The van der Waals surface area contributed by atoms with Gasteiger partial charge < -0.3 is 15.4 Å². The first-order chi connectivity index (χ1) is 5.79. The maximum atomic E-state index is 11.5. The van der Waals surface area contributed by atoms with Gasteiger partial charge in [-0.25, -0.2) is 0 Å². The van der Waals surface area contributed by atoms with Crippen molar-refractivity contribution in [2.45, 2.75) is 24.9 Å². The van der Waals surface area contributed by atoms with Crippen LogP contribution in [-0.4, -0.2) is 42.6 Å². The van der Waals surface area contributed by atoms with E-state index in [0.29, 0.717) is 19.3 Å². The van der Waals surface area contributed by atoms with Crippen molar-refractivity contribution in [1.82, 2.24) is 4.90 Å². The summed E-state index contributed by atoms with van der Waals surface area (Å²) in [6.07, 6.45) is 2.16. The highest BCUT2D eigenvalue weighted by Crippen LogP contribution is 2.20. The molecule has 0 bridgehead atoms. The minimum Gasteiger partial charge on any atom is -0.377 e. The maximum absolute atomic E-state index is 11.5. The molecule has 0 aromatic rings. The van der Waals surface area contributed by atoms with Gasteiger partial charge in [0.25, 0.3) is 0 Å². The zero-order chi connectivity index (χ0) is 8.55. The average molecular weight is 170 g/mol. The van der Waals surface area contributed by atoms with Crippen molar-refractivity contribution in [3.63, 3.8) is 0 Å². The average Bonchev–Trinajstić information content (AvgIpc) is 2.46. The minimum atomic E-state index is -0.437. The van der Waals surface area contributed by atoms with Crippen LogP contribution >= 0.6 is 0 Å². The predicted octanol–water partition coefficient (Wildman–Crippen LogP) is -0.665. The Labute approximate surface area is 71.7 Å². The van der Waals surface area contributed by atoms with Gasteiger partial charge in [0.1, 0.15) is 6.04 Å². The number of carbonyl (C=O) groups excluding carboxylic acids is 1. The Morgan fingerprint density at radius 1 is 1.50 bits per heavy atom. The highest BCUT2D eigenvalue weighted by Gasteiger charge is 2.34. The molecule has 2 rings (SSSR count). The Balaban J connectivity index is 2.13. The van der Waals surface area contributed by atoms with E-state index >= 15 is 0 Å². The number of rotatable bonds is 0. The molecule has 0 unspecified atom stereocenters. The summed E-state index contributed by atoms with van der Waals surface area (Å²) < 4.78 is 5.30. The van der Waals surface area contributed by atoms with Crippen LogP contribution in [0.5, 0.6) is 0 Å². The van der Waals surface area contributed by atoms with E-state index in [9.17, 15) is 4.79 Å². The van der Waals surface area contributed by atoms with E-state index in [1.165, 1.54) is 0 Å². The predicted molar refractivity (Wildman–Crippen MR) is 43.5 cm³/mol. The molecule has 2 fully saturated rings. The lowest BCUT2D eigenvalue weighted by atomic mass is 10.2. The quantitative estimate of drug-likeness (QED) is 0.525. The van der Waals surface area contributed by atoms with Crippen molar-refractivity contribution >= 4 is 5.91 Å². The second kappa shape index (κ2) is 3.03. The van der Waals surface area contributed by atoms with Gasteiger partial charge in [0.2, 0.25) is 5.91 Å². The van der Waals surface area contributed by atoms with Gasteiger partial charge in [-0.05, 0) is 12.8 Å². The van der Waals surface area contributed by atoms with Gasteiger partial charge >= 0.3 is 0 Å². The molecule has 2 N–H and O–H groups in total. The Morgan fingerprint density at radius 3 is 3.17 bits per heavy atom. The monoisotopic (exact) mass is 170 g/mol. The zero-order valence-electron chi connectivity index (χ0n) is 7.03. The largest absolute Gasteiger partial charge is 0.377 e. The summed E-state index contributed by atoms with van der Waals surface area (Å²) in [5, 5.41) is 0. The van der Waals surface area contributed by atoms with Crippen LogP contribution in [0.4, 0.5) is 0 Å². The first kappa shape index (κ1) is 8.01. The standard InChI is InChI=1S/C8H14N2O2/c9-7-5-12-4-6-2-1-3-10(6)8(7)11/h6-7H,1-5,9H2/t6-,7-/m0/s1. The molecule has 0 aromatic carbocycles. The summed E-state index contributed by atoms with van der Waals surface area (Å²) in [6.45, 7) is 1.91. The first-order valence-electron chi connectivity index (χ1n) is 4.43. The van der Waals surface area contributed by atoms with Gasteiger partial charge in [-0.2, -0.15) is 0 Å². The summed E-state index contributed by atoms with van der Waals surface area (Å²) in [7, 11) is 0. The topological polar surface area (TPSA) is 55.6 Å². The molecule has 68 valence electrons. The maximum Gasteiger partial charge on any atom is 0.242 e. The SMILES string of the molecule is N[C@H]1COC[C@@H]2CCCN2C1=O. The molecule has 2 heterocycles. The molecule has 2 aliphatic rings. The highest BCUT2D eigenvalue weighted by atomic mass is 16.5. The lowest BCUT2D eigenvalue weighted by molar-refractivity contribution is -0.132. The summed E-state index contributed by atoms with van der Waals surface area (Å²) >= 11 is 0. The molecule has 12 heavy (non-hydrogen) atoms. The van der Waals surface area contributed by atoms with Crippen molar-refractivity contribution < 1.29 is 9.53 Å². The fraction of sp³-hybridized carbons (Fsp3) is 0.875. The number of hydrogen-bond donors (Lipinski definition) is 1. The second-order valence-electron chi connectivity index (χ2n) is 3.47. The number of amides is 1. The lowest BCUT2D eigenvalue weighted by Gasteiger charge is -2.21. The van der Waals surface area contributed by atoms with E-state index in [-0.39, 0.29) is 5.91 Å². The Morgan fingerprint density at radius 2 is 2.33 bits per heavy atom. The van der Waals surface area contributed by atoms with E-state index < -0.39 is 6.04 Å². The van der Waals surface area contributed by atoms with Crippen LogP contribution in [0.25, 0.3) is 0 Å². The third-order valence-corrected chi connectivity index (χ3v) is 2.59. The summed E-state index contributed by atoms with van der Waals surface area (Å²) in [4.78, 5) is 13.4. The Bertz CT molecular complexity index is 195. The van der Waals surface area contributed by atoms with Gasteiger partial charge in [-0.15, -0.1) is 0 Å². The molecule has 0 saturated carbocycles. The minimum absolute atomic E-state index is 0.0648. The van der Waals surface area contributed by atoms with Crippen LogP contribution in [0.1, 0.15) is 12.8 Å².